The lowest BCUT2D eigenvalue weighted by Crippen LogP contribution is -2.59. The van der Waals surface area contributed by atoms with Gasteiger partial charge in [0.25, 0.3) is 5.91 Å². The Labute approximate surface area is 219 Å². The van der Waals surface area contributed by atoms with Crippen LogP contribution in [0.5, 0.6) is 0 Å². The Morgan fingerprint density at radius 2 is 2.00 bits per heavy atom. The predicted octanol–water partition coefficient (Wildman–Crippen LogP) is 4.23. The molecule has 4 rings (SSSR count). The minimum Gasteiger partial charge on any atom is -0.345 e. The van der Waals surface area contributed by atoms with E-state index in [9.17, 15) is 9.18 Å². The molecule has 1 aromatic carbocycles. The highest BCUT2D eigenvalue weighted by Crippen LogP contribution is 2.41. The highest BCUT2D eigenvalue weighted by atomic mass is 32.2. The van der Waals surface area contributed by atoms with E-state index in [-0.39, 0.29) is 16.9 Å². The first-order valence-electron chi connectivity index (χ1n) is 11.7. The average Bonchev–Trinajstić information content (AvgIpc) is 2.87. The molecule has 0 aliphatic carbocycles. The summed E-state index contributed by atoms with van der Waals surface area (Å²) in [5, 5.41) is 14.2. The first-order valence-corrected chi connectivity index (χ1v) is 12.6. The molecule has 3 N–H and O–H groups in total. The van der Waals surface area contributed by atoms with Gasteiger partial charge in [-0.05, 0) is 86.9 Å². The molecule has 2 atom stereocenters. The Hall–Kier alpha value is -3.57. The molecule has 0 spiro atoms. The van der Waals surface area contributed by atoms with Crippen LogP contribution in [0.2, 0.25) is 0 Å². The highest BCUT2D eigenvalue weighted by Gasteiger charge is 2.44. The Kier molecular flexibility index (Phi) is 8.03. The molecule has 37 heavy (non-hydrogen) atoms. The second kappa shape index (κ2) is 11.2. The maximum absolute atomic E-state index is 15.3. The van der Waals surface area contributed by atoms with Crippen LogP contribution in [-0.4, -0.2) is 56.9 Å². The van der Waals surface area contributed by atoms with E-state index in [1.807, 2.05) is 26.1 Å². The van der Waals surface area contributed by atoms with Gasteiger partial charge >= 0.3 is 0 Å². The van der Waals surface area contributed by atoms with E-state index < -0.39 is 23.1 Å². The third kappa shape index (κ3) is 6.23. The zero-order chi connectivity index (χ0) is 26.6. The first kappa shape index (κ1) is 26.5. The van der Waals surface area contributed by atoms with E-state index in [1.54, 1.807) is 29.8 Å². The standard InChI is InChI=1S/C26H29F2N7OS/c1-26(20-14-19(5-6-21(20)28)32-24(36)22-7-4-18(27)15-31-22)23(37-35(3)25(29)33-26)10-13-34(2)16-17-8-11-30-12-9-17/h4-9,11-12,14-15,23H,10,13,16H2,1-3H3,(H2,29,33)(H,32,36)/t23-,26+/m0/s1. The maximum atomic E-state index is 15.3. The highest BCUT2D eigenvalue weighted by molar-refractivity contribution is 7.98. The predicted molar refractivity (Wildman–Crippen MR) is 141 cm³/mol. The molecular weight excluding hydrogens is 496 g/mol. The van der Waals surface area contributed by atoms with E-state index in [0.717, 1.165) is 30.9 Å². The summed E-state index contributed by atoms with van der Waals surface area (Å²) in [6, 6.07) is 10.7. The number of carbonyl (C=O) groups is 1. The second-order valence-corrected chi connectivity index (χ2v) is 10.5. The van der Waals surface area contributed by atoms with Gasteiger partial charge in [-0.2, -0.15) is 0 Å². The van der Waals surface area contributed by atoms with Crippen LogP contribution in [0.25, 0.3) is 0 Å². The summed E-state index contributed by atoms with van der Waals surface area (Å²) >= 11 is 1.48. The molecule has 11 heteroatoms. The number of hydrogen-bond donors (Lipinski definition) is 3. The van der Waals surface area contributed by atoms with E-state index in [4.69, 9.17) is 5.41 Å². The number of nitrogens with one attached hydrogen (secondary N) is 3. The number of benzene rings is 1. The van der Waals surface area contributed by atoms with Crippen LogP contribution in [0.4, 0.5) is 14.5 Å². The summed E-state index contributed by atoms with van der Waals surface area (Å²) in [5.74, 6) is -1.35. The zero-order valence-corrected chi connectivity index (χ0v) is 21.6. The van der Waals surface area contributed by atoms with Crippen LogP contribution >= 0.6 is 11.9 Å². The number of amides is 1. The van der Waals surface area contributed by atoms with Crippen molar-refractivity contribution in [2.24, 2.45) is 0 Å². The number of aromatic nitrogens is 2. The van der Waals surface area contributed by atoms with Crippen molar-refractivity contribution < 1.29 is 13.6 Å². The van der Waals surface area contributed by atoms with Crippen LogP contribution < -0.4 is 10.6 Å². The molecule has 0 saturated carbocycles. The molecule has 2 aromatic heterocycles. The van der Waals surface area contributed by atoms with E-state index in [2.05, 4.69) is 25.5 Å². The quantitative estimate of drug-likeness (QED) is 0.379. The monoisotopic (exact) mass is 525 g/mol. The average molecular weight is 526 g/mol. The van der Waals surface area contributed by atoms with Crippen LogP contribution in [0.3, 0.4) is 0 Å². The number of hydrogen-bond acceptors (Lipinski definition) is 6. The van der Waals surface area contributed by atoms with Crippen LogP contribution in [-0.2, 0) is 12.1 Å². The van der Waals surface area contributed by atoms with E-state index >= 15 is 4.39 Å². The van der Waals surface area contributed by atoms with Gasteiger partial charge in [0, 0.05) is 37.2 Å². The molecule has 1 fully saturated rings. The topological polar surface area (TPSA) is 97.2 Å². The van der Waals surface area contributed by atoms with Gasteiger partial charge in [-0.25, -0.2) is 13.8 Å². The van der Waals surface area contributed by atoms with Crippen LogP contribution in [0.1, 0.15) is 35.0 Å². The van der Waals surface area contributed by atoms with Crippen molar-refractivity contribution in [2.75, 3.05) is 26.0 Å². The summed E-state index contributed by atoms with van der Waals surface area (Å²) in [4.78, 5) is 22.7. The lowest BCUT2D eigenvalue weighted by molar-refractivity contribution is 0.102. The van der Waals surface area contributed by atoms with Crippen LogP contribution in [0, 0.1) is 17.0 Å². The van der Waals surface area contributed by atoms with Gasteiger partial charge in [-0.15, -0.1) is 0 Å². The van der Waals surface area contributed by atoms with Crippen molar-refractivity contribution in [2.45, 2.75) is 30.7 Å². The smallest absolute Gasteiger partial charge is 0.274 e. The third-order valence-corrected chi connectivity index (χ3v) is 7.80. The van der Waals surface area contributed by atoms with Crippen molar-refractivity contribution in [3.63, 3.8) is 0 Å². The molecule has 194 valence electrons. The minimum absolute atomic E-state index is 0.0448. The van der Waals surface area contributed by atoms with Gasteiger partial charge in [0.2, 0.25) is 5.96 Å². The van der Waals surface area contributed by atoms with Crippen molar-refractivity contribution in [3.8, 4) is 0 Å². The number of nitrogens with zero attached hydrogens (tertiary/aromatic N) is 4. The number of guanidine groups is 1. The minimum atomic E-state index is -0.926. The lowest BCUT2D eigenvalue weighted by atomic mass is 9.85. The second-order valence-electron chi connectivity index (χ2n) is 9.16. The first-order chi connectivity index (χ1) is 17.7. The number of halogens is 2. The maximum Gasteiger partial charge on any atom is 0.274 e. The number of rotatable bonds is 8. The molecule has 8 nitrogen and oxygen atoms in total. The Bertz CT molecular complexity index is 1260. The summed E-state index contributed by atoms with van der Waals surface area (Å²) in [7, 11) is 3.83. The molecule has 1 amide bonds. The van der Waals surface area contributed by atoms with Crippen molar-refractivity contribution >= 4 is 29.5 Å². The molecule has 0 bridgehead atoms. The van der Waals surface area contributed by atoms with Gasteiger partial charge in [0.05, 0.1) is 17.0 Å². The summed E-state index contributed by atoms with van der Waals surface area (Å²) in [6.45, 7) is 3.37. The summed E-state index contributed by atoms with van der Waals surface area (Å²) in [6.07, 6.45) is 5.21. The van der Waals surface area contributed by atoms with E-state index in [1.165, 1.54) is 30.1 Å². The van der Waals surface area contributed by atoms with Crippen molar-refractivity contribution in [1.29, 1.82) is 5.41 Å². The van der Waals surface area contributed by atoms with E-state index in [0.29, 0.717) is 17.7 Å². The summed E-state index contributed by atoms with van der Waals surface area (Å²) < 4.78 is 30.2. The molecule has 3 aromatic rings. The molecule has 3 heterocycles. The Balaban J connectivity index is 1.54. The van der Waals surface area contributed by atoms with Crippen molar-refractivity contribution in [3.05, 3.63) is 89.5 Å². The molecule has 0 radical (unpaired) electrons. The molecule has 0 unspecified atom stereocenters. The fourth-order valence-electron chi connectivity index (χ4n) is 4.26. The van der Waals surface area contributed by atoms with Crippen molar-refractivity contribution in [1.82, 2.24) is 24.5 Å². The number of anilines is 1. The molecule has 1 aliphatic rings. The molecular formula is C26H29F2N7OS. The fourth-order valence-corrected chi connectivity index (χ4v) is 5.40. The SMILES string of the molecule is CN(CC[C@@H]1SN(C)C(=N)N[C@]1(C)c1cc(NC(=O)c2ccc(F)cn2)ccc1F)Cc1ccncc1. The van der Waals surface area contributed by atoms with Gasteiger partial charge in [0.15, 0.2) is 0 Å². The van der Waals surface area contributed by atoms with Crippen LogP contribution in [0.15, 0.2) is 61.1 Å². The molecule has 1 saturated heterocycles. The van der Waals surface area contributed by atoms with Gasteiger partial charge in [0.1, 0.15) is 17.3 Å². The lowest BCUT2D eigenvalue weighted by Gasteiger charge is -2.46. The zero-order valence-electron chi connectivity index (χ0n) is 20.8. The number of pyridine rings is 2. The Morgan fingerprint density at radius 1 is 1.24 bits per heavy atom. The van der Waals surface area contributed by atoms with Gasteiger partial charge in [-0.3, -0.25) is 19.5 Å². The third-order valence-electron chi connectivity index (χ3n) is 6.34. The van der Waals surface area contributed by atoms with Gasteiger partial charge in [-0.1, -0.05) is 0 Å². The molecule has 1 aliphatic heterocycles. The summed E-state index contributed by atoms with van der Waals surface area (Å²) in [5.41, 5.74) is 0.983. The Morgan fingerprint density at radius 3 is 2.70 bits per heavy atom. The largest absolute Gasteiger partial charge is 0.345 e. The number of carbonyl (C=O) groups excluding carboxylic acids is 1. The fraction of sp³-hybridized carbons (Fsp3) is 0.308. The normalized spacial score (nSPS) is 19.6. The van der Waals surface area contributed by atoms with Gasteiger partial charge < -0.3 is 15.5 Å².